The van der Waals surface area contributed by atoms with E-state index in [1.165, 1.54) is 36.1 Å². The van der Waals surface area contributed by atoms with Crippen molar-refractivity contribution < 1.29 is 27.6 Å². The van der Waals surface area contributed by atoms with Crippen LogP contribution in [0.4, 0.5) is 0 Å². The fraction of sp³-hybridized carbons (Fsp3) is 0.333. The van der Waals surface area contributed by atoms with Gasteiger partial charge in [-0.2, -0.15) is 8.42 Å². The fourth-order valence-corrected chi connectivity index (χ4v) is 4.61. The van der Waals surface area contributed by atoms with Gasteiger partial charge in [-0.3, -0.25) is 4.55 Å². The molecule has 0 amide bonds. The number of aryl methyl sites for hydroxylation is 2. The van der Waals surface area contributed by atoms with Gasteiger partial charge in [0.25, 0.3) is 10.1 Å². The van der Waals surface area contributed by atoms with Crippen molar-refractivity contribution in [3.8, 4) is 17.2 Å². The highest BCUT2D eigenvalue weighted by Gasteiger charge is 2.18. The monoisotopic (exact) mass is 499 g/mol. The van der Waals surface area contributed by atoms with E-state index >= 15 is 0 Å². The summed E-state index contributed by atoms with van der Waals surface area (Å²) in [7, 11) is -0.922. The van der Waals surface area contributed by atoms with E-state index in [1.54, 1.807) is 26.4 Å². The molecule has 8 heteroatoms. The minimum atomic E-state index is -4.02. The van der Waals surface area contributed by atoms with Crippen LogP contribution in [0.1, 0.15) is 47.6 Å². The van der Waals surface area contributed by atoms with Gasteiger partial charge in [-0.05, 0) is 67.1 Å². The summed E-state index contributed by atoms with van der Waals surface area (Å²) in [5.74, 6) is 0.920. The molecule has 0 spiro atoms. The van der Waals surface area contributed by atoms with Crippen LogP contribution in [0.15, 0.2) is 65.6 Å². The van der Waals surface area contributed by atoms with Crippen molar-refractivity contribution in [2.45, 2.75) is 50.1 Å². The van der Waals surface area contributed by atoms with Crippen LogP contribution >= 0.6 is 0 Å². The van der Waals surface area contributed by atoms with Gasteiger partial charge in [0.15, 0.2) is 11.5 Å². The first-order valence-electron chi connectivity index (χ1n) is 11.5. The van der Waals surface area contributed by atoms with E-state index < -0.39 is 10.1 Å². The van der Waals surface area contributed by atoms with E-state index in [-0.39, 0.29) is 10.6 Å². The second-order valence-corrected chi connectivity index (χ2v) is 9.94. The standard InChI is InChI=1S/C20H25NO3.C7H8O3S/c1-23-18-11-14(12-19(24-2)20(18)22)13-21-17-10-6-4-8-15-7-3-5-9-16(15)17;1-6-2-4-7(5-3-6)11(8,9)10/h3,5,7,9,11-12,17,21-22H,4,6,8,10,13H2,1-2H3;2-5H,1H3,(H,8,9,10). The topological polar surface area (TPSA) is 105 Å². The van der Waals surface area contributed by atoms with Crippen LogP contribution in [0, 0.1) is 6.92 Å². The summed E-state index contributed by atoms with van der Waals surface area (Å²) >= 11 is 0. The van der Waals surface area contributed by atoms with E-state index in [1.807, 2.05) is 19.1 Å². The van der Waals surface area contributed by atoms with Gasteiger partial charge in [0.1, 0.15) is 0 Å². The minimum Gasteiger partial charge on any atom is -0.502 e. The molecule has 188 valence electrons. The van der Waals surface area contributed by atoms with Crippen LogP contribution in [0.3, 0.4) is 0 Å². The Morgan fingerprint density at radius 2 is 1.60 bits per heavy atom. The Kier molecular flexibility index (Phi) is 9.14. The van der Waals surface area contributed by atoms with Gasteiger partial charge in [0.2, 0.25) is 5.75 Å². The Bertz CT molecular complexity index is 1200. The lowest BCUT2D eigenvalue weighted by atomic mass is 9.99. The highest BCUT2D eigenvalue weighted by atomic mass is 32.2. The summed E-state index contributed by atoms with van der Waals surface area (Å²) in [6.45, 7) is 2.54. The van der Waals surface area contributed by atoms with Crippen LogP contribution in [0.2, 0.25) is 0 Å². The summed E-state index contributed by atoms with van der Waals surface area (Å²) in [6.07, 6.45) is 4.78. The molecule has 3 N–H and O–H groups in total. The Morgan fingerprint density at radius 3 is 2.20 bits per heavy atom. The van der Waals surface area contributed by atoms with Gasteiger partial charge in [-0.15, -0.1) is 0 Å². The molecule has 0 fully saturated rings. The van der Waals surface area contributed by atoms with E-state index in [2.05, 4.69) is 29.6 Å². The van der Waals surface area contributed by atoms with Gasteiger partial charge in [0, 0.05) is 12.6 Å². The molecule has 0 heterocycles. The van der Waals surface area contributed by atoms with E-state index in [0.29, 0.717) is 24.1 Å². The summed E-state index contributed by atoms with van der Waals surface area (Å²) < 4.78 is 40.0. The van der Waals surface area contributed by atoms with Crippen molar-refractivity contribution in [2.75, 3.05) is 14.2 Å². The number of hydrogen-bond donors (Lipinski definition) is 3. The molecule has 1 unspecified atom stereocenters. The lowest BCUT2D eigenvalue weighted by Gasteiger charge is -2.20. The molecular formula is C27H33NO6S. The predicted molar refractivity (Wildman–Crippen MR) is 136 cm³/mol. The predicted octanol–water partition coefficient (Wildman–Crippen LogP) is 5.21. The van der Waals surface area contributed by atoms with Crippen molar-refractivity contribution in [1.82, 2.24) is 5.32 Å². The van der Waals surface area contributed by atoms with Gasteiger partial charge in [-0.25, -0.2) is 0 Å². The molecule has 4 rings (SSSR count). The maximum atomic E-state index is 10.5. The van der Waals surface area contributed by atoms with Gasteiger partial charge >= 0.3 is 0 Å². The molecule has 35 heavy (non-hydrogen) atoms. The highest BCUT2D eigenvalue weighted by molar-refractivity contribution is 7.85. The first-order chi connectivity index (χ1) is 16.7. The fourth-order valence-electron chi connectivity index (χ4n) is 4.13. The third-order valence-electron chi connectivity index (χ3n) is 6.03. The molecular weight excluding hydrogens is 466 g/mol. The third-order valence-corrected chi connectivity index (χ3v) is 6.90. The van der Waals surface area contributed by atoms with Crippen molar-refractivity contribution in [1.29, 1.82) is 0 Å². The highest BCUT2D eigenvalue weighted by Crippen LogP contribution is 2.37. The number of aromatic hydroxyl groups is 1. The molecule has 0 saturated heterocycles. The summed E-state index contributed by atoms with van der Waals surface area (Å²) in [5.41, 5.74) is 4.85. The summed E-state index contributed by atoms with van der Waals surface area (Å²) in [6, 6.07) is 18.8. The number of hydrogen-bond acceptors (Lipinski definition) is 6. The zero-order valence-corrected chi connectivity index (χ0v) is 21.1. The second kappa shape index (κ2) is 12.1. The quantitative estimate of drug-likeness (QED) is 0.316. The molecule has 0 aliphatic heterocycles. The van der Waals surface area contributed by atoms with Crippen LogP contribution in [0.5, 0.6) is 17.2 Å². The molecule has 3 aromatic carbocycles. The van der Waals surface area contributed by atoms with Crippen LogP contribution in [0.25, 0.3) is 0 Å². The largest absolute Gasteiger partial charge is 0.502 e. The third kappa shape index (κ3) is 7.21. The van der Waals surface area contributed by atoms with Crippen molar-refractivity contribution in [3.05, 3.63) is 82.9 Å². The number of rotatable bonds is 6. The first kappa shape index (κ1) is 26.5. The Morgan fingerprint density at radius 1 is 0.971 bits per heavy atom. The SMILES string of the molecule is COc1cc(CNC2CCCCc3ccccc32)cc(OC)c1O.Cc1ccc(S(=O)(=O)O)cc1. The molecule has 7 nitrogen and oxygen atoms in total. The molecule has 0 aromatic heterocycles. The lowest BCUT2D eigenvalue weighted by Crippen LogP contribution is -2.21. The van der Waals surface area contributed by atoms with Crippen molar-refractivity contribution >= 4 is 10.1 Å². The van der Waals surface area contributed by atoms with E-state index in [9.17, 15) is 13.5 Å². The first-order valence-corrected chi connectivity index (χ1v) is 13.0. The van der Waals surface area contributed by atoms with Crippen molar-refractivity contribution in [3.63, 3.8) is 0 Å². The molecule has 0 saturated carbocycles. The zero-order valence-electron chi connectivity index (χ0n) is 20.3. The van der Waals surface area contributed by atoms with Crippen LogP contribution < -0.4 is 14.8 Å². The summed E-state index contributed by atoms with van der Waals surface area (Å²) in [4.78, 5) is -0.0666. The Labute approximate surface area is 207 Å². The molecule has 0 bridgehead atoms. The van der Waals surface area contributed by atoms with Crippen molar-refractivity contribution in [2.24, 2.45) is 0 Å². The number of ether oxygens (including phenoxy) is 2. The van der Waals surface area contributed by atoms with Crippen LogP contribution in [-0.2, 0) is 23.1 Å². The molecule has 1 atom stereocenters. The number of phenolic OH excluding ortho intramolecular Hbond substituents is 1. The Balaban J connectivity index is 0.000000261. The smallest absolute Gasteiger partial charge is 0.294 e. The lowest BCUT2D eigenvalue weighted by molar-refractivity contribution is 0.338. The van der Waals surface area contributed by atoms with Gasteiger partial charge in [-0.1, -0.05) is 48.4 Å². The average Bonchev–Trinajstić information content (AvgIpc) is 3.05. The number of phenols is 1. The zero-order chi connectivity index (χ0) is 25.4. The maximum Gasteiger partial charge on any atom is 0.294 e. The van der Waals surface area contributed by atoms with E-state index in [4.69, 9.17) is 14.0 Å². The number of fused-ring (bicyclic) bond motifs is 1. The molecule has 1 aliphatic rings. The molecule has 0 radical (unpaired) electrons. The normalized spacial score (nSPS) is 15.3. The second-order valence-electron chi connectivity index (χ2n) is 8.52. The minimum absolute atomic E-state index is 0.0450. The van der Waals surface area contributed by atoms with E-state index in [0.717, 1.165) is 24.0 Å². The molecule has 1 aliphatic carbocycles. The Hall–Kier alpha value is -3.07. The average molecular weight is 500 g/mol. The molecule has 3 aromatic rings. The number of methoxy groups -OCH3 is 2. The maximum absolute atomic E-state index is 10.5. The summed E-state index contributed by atoms with van der Waals surface area (Å²) in [5, 5.41) is 13.7. The number of nitrogens with one attached hydrogen (secondary N) is 1. The van der Waals surface area contributed by atoms with Gasteiger partial charge < -0.3 is 19.9 Å². The van der Waals surface area contributed by atoms with Crippen LogP contribution in [-0.4, -0.2) is 32.3 Å². The number of benzene rings is 3. The van der Waals surface area contributed by atoms with Gasteiger partial charge in [0.05, 0.1) is 19.1 Å².